The zero-order valence-corrected chi connectivity index (χ0v) is 46.4. The number of primary amides is 2. The molecule has 40 heteroatoms. The van der Waals surface area contributed by atoms with Crippen LogP contribution in [-0.4, -0.2) is 294 Å². The molecule has 27 atom stereocenters. The Morgan fingerprint density at radius 1 is 0.729 bits per heavy atom. The Bertz CT molecular complexity index is 2500. The van der Waals surface area contributed by atoms with Gasteiger partial charge in [0.15, 0.2) is 67.8 Å². The van der Waals surface area contributed by atoms with Gasteiger partial charge in [0.1, 0.15) is 102 Å². The number of hydrogen-bond acceptors (Lipinski definition) is 32. The van der Waals surface area contributed by atoms with E-state index in [0.29, 0.717) is 0 Å². The highest BCUT2D eigenvalue weighted by molar-refractivity contribution is 7.47. The van der Waals surface area contributed by atoms with Crippen molar-refractivity contribution in [2.45, 2.75) is 200 Å². The van der Waals surface area contributed by atoms with Gasteiger partial charge in [0.2, 0.25) is 17.7 Å². The van der Waals surface area contributed by atoms with Crippen LogP contribution >= 0.6 is 7.82 Å². The van der Waals surface area contributed by atoms with E-state index in [1.807, 2.05) is 0 Å². The minimum absolute atomic E-state index is 0.123. The molecule has 5 amide bonds. The number of ketones is 1. The van der Waals surface area contributed by atoms with E-state index >= 15 is 0 Å². The van der Waals surface area contributed by atoms with E-state index in [-0.39, 0.29) is 12.8 Å². The Balaban J connectivity index is 1.36. The fourth-order valence-electron chi connectivity index (χ4n) is 9.88. The average molecular weight is 1260 g/mol. The van der Waals surface area contributed by atoms with Crippen LogP contribution in [0.5, 0.6) is 0 Å². The molecule has 6 aliphatic rings. The number of carbonyl (C=O) groups excluding carboxylic acids is 6. The van der Waals surface area contributed by atoms with Gasteiger partial charge in [-0.2, -0.15) is 0 Å². The van der Waals surface area contributed by atoms with Gasteiger partial charge in [-0.1, -0.05) is 0 Å². The van der Waals surface area contributed by atoms with E-state index in [0.717, 1.165) is 27.9 Å². The molecule has 0 bridgehead atoms. The third-order valence-corrected chi connectivity index (χ3v) is 15.2. The summed E-state index contributed by atoms with van der Waals surface area (Å²) in [5.74, 6) is -7.64. The number of amides is 5. The summed E-state index contributed by atoms with van der Waals surface area (Å²) in [4.78, 5) is 99.2. The molecular weight excluding hydrogens is 1190 g/mol. The van der Waals surface area contributed by atoms with Gasteiger partial charge in [0, 0.05) is 33.8 Å². The van der Waals surface area contributed by atoms with Gasteiger partial charge < -0.3 is 146 Å². The summed E-state index contributed by atoms with van der Waals surface area (Å²) in [5, 5.41) is 137. The van der Waals surface area contributed by atoms with Gasteiger partial charge in [0.25, 0.3) is 5.91 Å². The monoisotopic (exact) mass is 1260 g/mol. The number of hydrogen-bond donors (Lipinski definition) is 18. The van der Waals surface area contributed by atoms with Gasteiger partial charge >= 0.3 is 19.9 Å². The molecule has 0 spiro atoms. The summed E-state index contributed by atoms with van der Waals surface area (Å²) in [6.07, 6.45) is -50.7. The Hall–Kier alpha value is -4.86. The lowest BCUT2D eigenvalue weighted by Crippen LogP contribution is -2.72. The quantitative estimate of drug-likeness (QED) is 0.0423. The molecule has 5 aliphatic heterocycles. The molecular formula is C45H70N5O34P. The predicted octanol–water partition coefficient (Wildman–Crippen LogP) is -10.1. The van der Waals surface area contributed by atoms with Crippen molar-refractivity contribution in [3.05, 3.63) is 11.5 Å². The number of ether oxygens (including phenoxy) is 11. The second-order valence-corrected chi connectivity index (χ2v) is 21.9. The largest absolute Gasteiger partial charge is 0.510 e. The topological polar surface area (TPSA) is 608 Å². The number of Topliss-reactive ketones (excluding diaryl/α,β-unsaturated/α-hetero) is 1. The van der Waals surface area contributed by atoms with Crippen LogP contribution in [0.15, 0.2) is 11.5 Å². The number of carbonyl (C=O) groups is 7. The summed E-state index contributed by atoms with van der Waals surface area (Å²) in [6, 6.07) is -3.96. The van der Waals surface area contributed by atoms with Crippen molar-refractivity contribution in [3.63, 3.8) is 0 Å². The molecule has 39 nitrogen and oxygen atoms in total. The second kappa shape index (κ2) is 28.5. The van der Waals surface area contributed by atoms with E-state index in [4.69, 9.17) is 67.9 Å². The van der Waals surface area contributed by atoms with Crippen molar-refractivity contribution in [3.8, 4) is 0 Å². The van der Waals surface area contributed by atoms with Crippen molar-refractivity contribution >= 4 is 49.3 Å². The Morgan fingerprint density at radius 2 is 1.28 bits per heavy atom. The third-order valence-electron chi connectivity index (χ3n) is 14.2. The lowest BCUT2D eigenvalue weighted by atomic mass is 9.85. The van der Waals surface area contributed by atoms with Gasteiger partial charge in [-0.15, -0.1) is 0 Å². The first-order chi connectivity index (χ1) is 39.6. The van der Waals surface area contributed by atoms with E-state index < -0.39 is 240 Å². The maximum absolute atomic E-state index is 13.5. The number of allylic oxidation sites excluding steroid dienone is 2. The molecule has 0 radical (unpaired) electrons. The maximum Gasteiger partial charge on any atom is 0.474 e. The Morgan fingerprint density at radius 3 is 1.82 bits per heavy atom. The van der Waals surface area contributed by atoms with Crippen LogP contribution in [0.1, 0.15) is 40.5 Å². The second-order valence-electron chi connectivity index (χ2n) is 20.5. The summed E-state index contributed by atoms with van der Waals surface area (Å²) < 4.78 is 86.0. The van der Waals surface area contributed by atoms with Crippen LogP contribution in [0.4, 0.5) is 4.79 Å². The lowest BCUT2D eigenvalue weighted by molar-refractivity contribution is -0.375. The molecule has 5 heterocycles. The van der Waals surface area contributed by atoms with Gasteiger partial charge in [-0.05, 0) is 13.8 Å². The average Bonchev–Trinajstić information content (AvgIpc) is 1.42. The Labute approximate surface area is 479 Å². The van der Waals surface area contributed by atoms with Crippen molar-refractivity contribution in [1.82, 2.24) is 16.0 Å². The van der Waals surface area contributed by atoms with Crippen LogP contribution < -0.4 is 27.4 Å². The molecule has 0 aromatic carbocycles. The summed E-state index contributed by atoms with van der Waals surface area (Å²) in [7, 11) is -4.83. The number of carboxylic acids is 1. The molecule has 484 valence electrons. The van der Waals surface area contributed by atoms with E-state index in [1.54, 1.807) is 0 Å². The number of aliphatic hydroxyl groups is 11. The fourth-order valence-corrected chi connectivity index (χ4v) is 10.7. The number of nitrogens with two attached hydrogens (primary N) is 2. The van der Waals surface area contributed by atoms with Crippen LogP contribution in [-0.2, 0) is 94.5 Å². The number of aliphatic carboxylic acids is 1. The van der Waals surface area contributed by atoms with Crippen molar-refractivity contribution in [2.75, 3.05) is 26.9 Å². The van der Waals surface area contributed by atoms with Gasteiger partial charge in [0.05, 0.1) is 25.9 Å². The zero-order valence-electron chi connectivity index (χ0n) is 45.5. The standard InChI is InChI=1S/C45H70N5O34P/c1-11-30(78-42-29(63)26(60)27(61)32(80-42)37(65)50-19-14(54)6-7-15(19)55)23(57)20(48-12(2)52)39(75-11)79-31-17(9-73-41-28(62)25(59)22(56)16(8-51)76-41)77-40(21(24(31)58)49-13(3)53)81-33-34(83-44(47)68)45(4,69)35(36(46)64)82-43(33)84-85(70,71)74-10-18(72-5)38(66)67/h11,16-18,20-35,39-43,51,54,56-63,69H,6-10H2,1-5H3,(H2,46,64)(H2,47,68)(H,48,52)(H,49,53)(H,50,65)(H,66,67)(H,70,71)/t11?,16?,17?,18-,20?,21?,22?,23?,24?,25?,26?,27?,28?,29?,30?,31?,32?,33?,34?,35?,39?,40?,41?,42?,43?,45?/m1/s1. The van der Waals surface area contributed by atoms with Crippen LogP contribution in [0, 0.1) is 0 Å². The molecule has 0 saturated carbocycles. The van der Waals surface area contributed by atoms with Crippen LogP contribution in [0.2, 0.25) is 0 Å². The number of aliphatic hydroxyl groups excluding tert-OH is 10. The first kappa shape index (κ1) is 69.2. The third kappa shape index (κ3) is 15.9. The number of carboxylic acid groups (broad SMARTS) is 1. The Kier molecular flexibility index (Phi) is 23.2. The molecule has 5 fully saturated rings. The van der Waals surface area contributed by atoms with E-state index in [1.165, 1.54) is 6.92 Å². The number of phosphoric ester groups is 1. The fraction of sp³-hybridized carbons (Fsp3) is 0.800. The molecule has 5 saturated heterocycles. The molecule has 0 aromatic rings. The summed E-state index contributed by atoms with van der Waals surface area (Å²) >= 11 is 0. The SMILES string of the molecule is CO[C@H](COP(=O)(O)OC1OC(C(N)=O)C(C)(O)C(OC(N)=O)C1OC1OC(COC2OC(CO)C(O)C(O)C2O)C(OC2OC(C)C(OC3OC(C(=O)NC4=C(O)CCC4=O)C(O)C(O)C3O)C(O)C2NC(C)=O)C(O)C1NC(C)=O)C(=O)O. The lowest BCUT2D eigenvalue weighted by Gasteiger charge is -2.52. The molecule has 1 aliphatic carbocycles. The highest BCUT2D eigenvalue weighted by atomic mass is 31.2. The smallest absolute Gasteiger partial charge is 0.474 e. The first-order valence-electron chi connectivity index (χ1n) is 25.7. The van der Waals surface area contributed by atoms with Gasteiger partial charge in [-0.25, -0.2) is 14.2 Å². The maximum atomic E-state index is 13.5. The van der Waals surface area contributed by atoms with Gasteiger partial charge in [-0.3, -0.25) is 33.0 Å². The highest BCUT2D eigenvalue weighted by Gasteiger charge is 2.62. The number of nitrogens with one attached hydrogen (secondary N) is 3. The predicted molar refractivity (Wildman–Crippen MR) is 262 cm³/mol. The highest BCUT2D eigenvalue weighted by Crippen LogP contribution is 2.49. The minimum Gasteiger partial charge on any atom is -0.510 e. The van der Waals surface area contributed by atoms with Crippen molar-refractivity contribution in [1.29, 1.82) is 0 Å². The molecule has 0 aromatic heterocycles. The normalized spacial score (nSPS) is 41.7. The minimum atomic E-state index is -5.72. The molecule has 26 unspecified atom stereocenters. The molecule has 6 rings (SSSR count). The van der Waals surface area contributed by atoms with Crippen LogP contribution in [0.3, 0.4) is 0 Å². The molecule has 20 N–H and O–H groups in total. The summed E-state index contributed by atoms with van der Waals surface area (Å²) in [6.45, 7) is 0.589. The molecule has 85 heavy (non-hydrogen) atoms. The number of rotatable bonds is 23. The summed E-state index contributed by atoms with van der Waals surface area (Å²) in [5.41, 5.74) is 7.42. The van der Waals surface area contributed by atoms with E-state index in [2.05, 4.69) is 20.7 Å². The van der Waals surface area contributed by atoms with Crippen molar-refractivity contribution < 1.29 is 165 Å². The zero-order chi connectivity index (χ0) is 63.5. The number of methoxy groups -OCH3 is 1. The van der Waals surface area contributed by atoms with Crippen molar-refractivity contribution in [2.24, 2.45) is 11.5 Å². The first-order valence-corrected chi connectivity index (χ1v) is 27.2. The van der Waals surface area contributed by atoms with E-state index in [9.17, 15) is 104 Å². The van der Waals surface area contributed by atoms with Crippen LogP contribution in [0.25, 0.3) is 0 Å². The number of phosphoric acid groups is 1.